The van der Waals surface area contributed by atoms with Crippen LogP contribution in [0, 0.1) is 0 Å². The summed E-state index contributed by atoms with van der Waals surface area (Å²) in [5, 5.41) is 0. The molecule has 0 aromatic carbocycles. The predicted molar refractivity (Wildman–Crippen MR) is 91.4 cm³/mol. The molecule has 4 nitrogen and oxygen atoms in total. The minimum atomic E-state index is -0.125. The van der Waals surface area contributed by atoms with Crippen molar-refractivity contribution in [1.82, 2.24) is 4.57 Å². The number of aromatic nitrogens is 1. The number of hydrogen-bond acceptors (Lipinski definition) is 3. The molecule has 1 rings (SSSR count). The SMILES string of the molecule is CCCCCCCCCCCCn1cc(N)cc(N)c1=O. The summed E-state index contributed by atoms with van der Waals surface area (Å²) in [5.74, 6) is 0. The second kappa shape index (κ2) is 10.3. The molecule has 0 radical (unpaired) electrons. The Morgan fingerprint density at radius 2 is 1.43 bits per heavy atom. The molecule has 1 heterocycles. The van der Waals surface area contributed by atoms with Gasteiger partial charge in [-0.25, -0.2) is 0 Å². The number of pyridine rings is 1. The second-order valence-corrected chi connectivity index (χ2v) is 5.91. The molecule has 0 atom stereocenters. The lowest BCUT2D eigenvalue weighted by Gasteiger charge is -2.08. The van der Waals surface area contributed by atoms with E-state index in [1.165, 1.54) is 57.4 Å². The molecule has 0 bridgehead atoms. The highest BCUT2D eigenvalue weighted by Crippen LogP contribution is 2.11. The zero-order valence-corrected chi connectivity index (χ0v) is 13.4. The van der Waals surface area contributed by atoms with E-state index >= 15 is 0 Å². The van der Waals surface area contributed by atoms with Crippen LogP contribution in [0.15, 0.2) is 17.1 Å². The first kappa shape index (κ1) is 17.6. The van der Waals surface area contributed by atoms with E-state index in [0.29, 0.717) is 12.2 Å². The highest BCUT2D eigenvalue weighted by atomic mass is 16.1. The van der Waals surface area contributed by atoms with Gasteiger partial charge >= 0.3 is 0 Å². The van der Waals surface area contributed by atoms with Crippen molar-refractivity contribution in [3.8, 4) is 0 Å². The smallest absolute Gasteiger partial charge is 0.273 e. The van der Waals surface area contributed by atoms with Crippen LogP contribution in [0.25, 0.3) is 0 Å². The Kier molecular flexibility index (Phi) is 8.63. The zero-order chi connectivity index (χ0) is 15.5. The third-order valence-electron chi connectivity index (χ3n) is 3.89. The Balaban J connectivity index is 2.08. The molecular weight excluding hydrogens is 262 g/mol. The number of rotatable bonds is 11. The molecule has 21 heavy (non-hydrogen) atoms. The average Bonchev–Trinajstić information content (AvgIpc) is 2.45. The Bertz CT molecular complexity index is 454. The highest BCUT2D eigenvalue weighted by molar-refractivity contribution is 5.48. The van der Waals surface area contributed by atoms with Gasteiger partial charge in [0.2, 0.25) is 0 Å². The number of unbranched alkanes of at least 4 members (excludes halogenated alkanes) is 9. The van der Waals surface area contributed by atoms with Crippen molar-refractivity contribution in [2.45, 2.75) is 77.7 Å². The summed E-state index contributed by atoms with van der Waals surface area (Å²) in [6.45, 7) is 2.96. The van der Waals surface area contributed by atoms with E-state index in [0.717, 1.165) is 12.8 Å². The maximum atomic E-state index is 11.8. The van der Waals surface area contributed by atoms with Crippen LogP contribution >= 0.6 is 0 Å². The first-order valence-corrected chi connectivity index (χ1v) is 8.40. The molecule has 120 valence electrons. The summed E-state index contributed by atoms with van der Waals surface area (Å²) in [6, 6.07) is 1.53. The van der Waals surface area contributed by atoms with E-state index in [1.54, 1.807) is 10.8 Å². The maximum absolute atomic E-state index is 11.8. The van der Waals surface area contributed by atoms with Crippen molar-refractivity contribution in [2.24, 2.45) is 0 Å². The lowest BCUT2D eigenvalue weighted by molar-refractivity contribution is 0.531. The van der Waals surface area contributed by atoms with Gasteiger partial charge < -0.3 is 16.0 Å². The van der Waals surface area contributed by atoms with E-state index in [-0.39, 0.29) is 11.2 Å². The van der Waals surface area contributed by atoms with E-state index in [9.17, 15) is 4.79 Å². The number of aryl methyl sites for hydroxylation is 1. The minimum Gasteiger partial charge on any atom is -0.397 e. The molecule has 1 aromatic rings. The first-order chi connectivity index (χ1) is 10.1. The minimum absolute atomic E-state index is 0.125. The van der Waals surface area contributed by atoms with Crippen molar-refractivity contribution in [3.63, 3.8) is 0 Å². The molecule has 0 aliphatic carbocycles. The number of hydrogen-bond donors (Lipinski definition) is 2. The van der Waals surface area contributed by atoms with Gasteiger partial charge in [0.15, 0.2) is 0 Å². The number of nitrogen functional groups attached to an aromatic ring is 2. The normalized spacial score (nSPS) is 10.9. The molecule has 0 saturated carbocycles. The van der Waals surface area contributed by atoms with Crippen molar-refractivity contribution in [2.75, 3.05) is 11.5 Å². The second-order valence-electron chi connectivity index (χ2n) is 5.91. The fourth-order valence-corrected chi connectivity index (χ4v) is 2.62. The van der Waals surface area contributed by atoms with Gasteiger partial charge in [-0.05, 0) is 12.5 Å². The van der Waals surface area contributed by atoms with Gasteiger partial charge in [-0.3, -0.25) is 4.79 Å². The summed E-state index contributed by atoms with van der Waals surface area (Å²) in [6.07, 6.45) is 14.6. The average molecular weight is 293 g/mol. The molecular formula is C17H31N3O. The quantitative estimate of drug-likeness (QED) is 0.607. The van der Waals surface area contributed by atoms with Gasteiger partial charge in [0, 0.05) is 12.7 Å². The Hall–Kier alpha value is -1.45. The maximum Gasteiger partial charge on any atom is 0.273 e. The summed E-state index contributed by atoms with van der Waals surface area (Å²) in [7, 11) is 0. The number of anilines is 2. The van der Waals surface area contributed by atoms with Gasteiger partial charge in [-0.1, -0.05) is 64.7 Å². The third kappa shape index (κ3) is 7.21. The van der Waals surface area contributed by atoms with Crippen LogP contribution in [0.1, 0.15) is 71.1 Å². The molecule has 0 aliphatic rings. The van der Waals surface area contributed by atoms with Crippen molar-refractivity contribution in [3.05, 3.63) is 22.6 Å². The van der Waals surface area contributed by atoms with Crippen LogP contribution in [0.3, 0.4) is 0 Å². The van der Waals surface area contributed by atoms with E-state index in [4.69, 9.17) is 11.5 Å². The van der Waals surface area contributed by atoms with E-state index in [1.807, 2.05) is 0 Å². The first-order valence-electron chi connectivity index (χ1n) is 8.40. The molecule has 0 amide bonds. The van der Waals surface area contributed by atoms with Crippen molar-refractivity contribution < 1.29 is 0 Å². The fraction of sp³-hybridized carbons (Fsp3) is 0.706. The van der Waals surface area contributed by atoms with Crippen LogP contribution in [0.5, 0.6) is 0 Å². The lowest BCUT2D eigenvalue weighted by atomic mass is 10.1. The van der Waals surface area contributed by atoms with Crippen molar-refractivity contribution >= 4 is 11.4 Å². The number of nitrogens with zero attached hydrogens (tertiary/aromatic N) is 1. The molecule has 4 heteroatoms. The summed E-state index contributed by atoms with van der Waals surface area (Å²) < 4.78 is 1.63. The largest absolute Gasteiger partial charge is 0.397 e. The summed E-state index contributed by atoms with van der Waals surface area (Å²) >= 11 is 0. The molecule has 0 unspecified atom stereocenters. The predicted octanol–water partition coefficient (Wildman–Crippen LogP) is 3.93. The van der Waals surface area contributed by atoms with Crippen molar-refractivity contribution in [1.29, 1.82) is 0 Å². The van der Waals surface area contributed by atoms with Gasteiger partial charge in [0.25, 0.3) is 5.56 Å². The van der Waals surface area contributed by atoms with Crippen LogP contribution < -0.4 is 17.0 Å². The Morgan fingerprint density at radius 3 is 2.00 bits per heavy atom. The highest BCUT2D eigenvalue weighted by Gasteiger charge is 2.01. The zero-order valence-electron chi connectivity index (χ0n) is 13.4. The fourth-order valence-electron chi connectivity index (χ4n) is 2.62. The number of nitrogens with two attached hydrogens (primary N) is 2. The molecule has 4 N–H and O–H groups in total. The standard InChI is InChI=1S/C17H31N3O/c1-2-3-4-5-6-7-8-9-10-11-12-20-14-15(18)13-16(19)17(20)21/h13-14H,2-12,18-19H2,1H3. The molecule has 0 aliphatic heterocycles. The van der Waals surface area contributed by atoms with E-state index < -0.39 is 0 Å². The Labute approximate surface area is 128 Å². The van der Waals surface area contributed by atoms with Gasteiger partial charge in [-0.15, -0.1) is 0 Å². The van der Waals surface area contributed by atoms with Crippen LogP contribution in [0.4, 0.5) is 11.4 Å². The third-order valence-corrected chi connectivity index (χ3v) is 3.89. The van der Waals surface area contributed by atoms with Crippen LogP contribution in [-0.4, -0.2) is 4.57 Å². The monoisotopic (exact) mass is 293 g/mol. The molecule has 0 spiro atoms. The Morgan fingerprint density at radius 1 is 0.905 bits per heavy atom. The van der Waals surface area contributed by atoms with Gasteiger partial charge in [-0.2, -0.15) is 0 Å². The molecule has 0 saturated heterocycles. The summed E-state index contributed by atoms with van der Waals surface area (Å²) in [5.41, 5.74) is 12.0. The van der Waals surface area contributed by atoms with Crippen LogP contribution in [-0.2, 0) is 6.54 Å². The van der Waals surface area contributed by atoms with Gasteiger partial charge in [0.05, 0.1) is 11.4 Å². The molecule has 1 aromatic heterocycles. The van der Waals surface area contributed by atoms with Crippen LogP contribution in [0.2, 0.25) is 0 Å². The molecule has 0 fully saturated rings. The lowest BCUT2D eigenvalue weighted by Crippen LogP contribution is -2.23. The van der Waals surface area contributed by atoms with E-state index in [2.05, 4.69) is 6.92 Å². The summed E-state index contributed by atoms with van der Waals surface area (Å²) in [4.78, 5) is 11.8. The van der Waals surface area contributed by atoms with Gasteiger partial charge in [0.1, 0.15) is 0 Å². The topological polar surface area (TPSA) is 74.0 Å².